The maximum Gasteiger partial charge on any atom is 0.340 e. The molecule has 2 aromatic carbocycles. The Balaban J connectivity index is 1.61. The number of rotatable bonds is 7. The minimum Gasteiger partial charge on any atom is -0.465 e. The summed E-state index contributed by atoms with van der Waals surface area (Å²) in [5.41, 5.74) is 1.68. The molecule has 6 nitrogen and oxygen atoms in total. The predicted molar refractivity (Wildman–Crippen MR) is 120 cm³/mol. The molecule has 1 N–H and O–H groups in total. The van der Waals surface area contributed by atoms with Gasteiger partial charge in [-0.3, -0.25) is 4.90 Å². The molecule has 1 aromatic heterocycles. The number of nitrogens with zero attached hydrogens (tertiary/aromatic N) is 1. The summed E-state index contributed by atoms with van der Waals surface area (Å²) in [4.78, 5) is 15.1. The van der Waals surface area contributed by atoms with E-state index in [0.29, 0.717) is 30.0 Å². The molecule has 0 saturated carbocycles. The lowest BCUT2D eigenvalue weighted by Crippen LogP contribution is -2.30. The number of hydrogen-bond donors (Lipinski definition) is 1. The van der Waals surface area contributed by atoms with E-state index in [1.165, 1.54) is 7.11 Å². The zero-order valence-electron chi connectivity index (χ0n) is 17.8. The standard InChI is InChI=1S/C23H22F2N2O4S2/c1-31-22(28)21-18-9-10-27(13-16-11-17(24)7-8-19(16)25)14-20(18)32-23(21)33(29,30)26-12-15-5-3-2-4-6-15/h2-8,11,26H,9-10,12-14H2,1H3. The molecule has 1 aliphatic heterocycles. The molecule has 4 rings (SSSR count). The largest absolute Gasteiger partial charge is 0.465 e. The van der Waals surface area contributed by atoms with Crippen molar-refractivity contribution in [3.8, 4) is 0 Å². The van der Waals surface area contributed by atoms with Crippen molar-refractivity contribution in [2.45, 2.75) is 30.3 Å². The number of fused-ring (bicyclic) bond motifs is 1. The molecule has 0 unspecified atom stereocenters. The Morgan fingerprint density at radius 3 is 2.67 bits per heavy atom. The lowest BCUT2D eigenvalue weighted by atomic mass is 10.0. The number of carbonyl (C=O) groups excluding carboxylic acids is 1. The molecule has 0 amide bonds. The molecule has 3 aromatic rings. The van der Waals surface area contributed by atoms with Crippen LogP contribution in [-0.4, -0.2) is 32.9 Å². The Hall–Kier alpha value is -2.66. The van der Waals surface area contributed by atoms with Crippen molar-refractivity contribution in [1.82, 2.24) is 9.62 Å². The molecule has 0 fully saturated rings. The fourth-order valence-electron chi connectivity index (χ4n) is 3.81. The van der Waals surface area contributed by atoms with Gasteiger partial charge < -0.3 is 4.74 Å². The van der Waals surface area contributed by atoms with Crippen LogP contribution in [0.4, 0.5) is 8.78 Å². The van der Waals surface area contributed by atoms with E-state index < -0.39 is 27.6 Å². The first kappa shape index (κ1) is 23.5. The smallest absolute Gasteiger partial charge is 0.340 e. The van der Waals surface area contributed by atoms with Crippen molar-refractivity contribution in [2.24, 2.45) is 0 Å². The highest BCUT2D eigenvalue weighted by atomic mass is 32.2. The average Bonchev–Trinajstić information content (AvgIpc) is 3.20. The normalized spacial score (nSPS) is 14.2. The molecule has 0 radical (unpaired) electrons. The minimum atomic E-state index is -3.99. The van der Waals surface area contributed by atoms with Gasteiger partial charge in [-0.2, -0.15) is 0 Å². The summed E-state index contributed by atoms with van der Waals surface area (Å²) in [6.07, 6.45) is 0.390. The number of hydrogen-bond acceptors (Lipinski definition) is 6. The van der Waals surface area contributed by atoms with Gasteiger partial charge in [-0.25, -0.2) is 26.7 Å². The molecule has 2 heterocycles. The van der Waals surface area contributed by atoms with E-state index in [9.17, 15) is 22.0 Å². The van der Waals surface area contributed by atoms with Gasteiger partial charge in [0.1, 0.15) is 15.8 Å². The van der Waals surface area contributed by atoms with Crippen LogP contribution in [0.1, 0.15) is 31.9 Å². The monoisotopic (exact) mass is 492 g/mol. The van der Waals surface area contributed by atoms with E-state index in [1.807, 2.05) is 23.1 Å². The number of nitrogens with one attached hydrogen (secondary N) is 1. The number of halogens is 2. The van der Waals surface area contributed by atoms with E-state index in [2.05, 4.69) is 4.72 Å². The molecule has 174 valence electrons. The topological polar surface area (TPSA) is 75.7 Å². The summed E-state index contributed by atoms with van der Waals surface area (Å²) in [6, 6.07) is 12.4. The second-order valence-electron chi connectivity index (χ2n) is 7.66. The van der Waals surface area contributed by atoms with Crippen LogP contribution in [0, 0.1) is 11.6 Å². The molecule has 0 aliphatic carbocycles. The van der Waals surface area contributed by atoms with Crippen LogP contribution in [0.25, 0.3) is 0 Å². The third-order valence-electron chi connectivity index (χ3n) is 5.45. The Bertz CT molecular complexity index is 1280. The van der Waals surface area contributed by atoms with E-state index in [4.69, 9.17) is 4.74 Å². The second kappa shape index (κ2) is 9.68. The number of ether oxygens (including phenoxy) is 1. The lowest BCUT2D eigenvalue weighted by molar-refractivity contribution is 0.0595. The van der Waals surface area contributed by atoms with Crippen LogP contribution in [0.2, 0.25) is 0 Å². The van der Waals surface area contributed by atoms with Gasteiger partial charge in [0.05, 0.1) is 12.7 Å². The number of thiophene rings is 1. The summed E-state index contributed by atoms with van der Waals surface area (Å²) in [7, 11) is -2.78. The molecule has 0 saturated heterocycles. The highest BCUT2D eigenvalue weighted by molar-refractivity contribution is 7.91. The molecule has 33 heavy (non-hydrogen) atoms. The molecule has 0 bridgehead atoms. The summed E-state index contributed by atoms with van der Waals surface area (Å²) >= 11 is 1.01. The van der Waals surface area contributed by atoms with Crippen LogP contribution in [0.3, 0.4) is 0 Å². The molecule has 1 aliphatic rings. The summed E-state index contributed by atoms with van der Waals surface area (Å²) in [5.74, 6) is -1.74. The molecular formula is C23H22F2N2O4S2. The van der Waals surface area contributed by atoms with Crippen LogP contribution < -0.4 is 4.72 Å². The molecule has 0 atom stereocenters. The first-order valence-corrected chi connectivity index (χ1v) is 12.5. The first-order valence-electron chi connectivity index (χ1n) is 10.2. The maximum absolute atomic E-state index is 14.1. The first-order chi connectivity index (χ1) is 15.8. The van der Waals surface area contributed by atoms with E-state index in [-0.39, 0.29) is 28.4 Å². The van der Waals surface area contributed by atoms with Gasteiger partial charge in [-0.1, -0.05) is 30.3 Å². The molecular weight excluding hydrogens is 470 g/mol. The van der Waals surface area contributed by atoms with Crippen molar-refractivity contribution in [2.75, 3.05) is 13.7 Å². The quantitative estimate of drug-likeness (QED) is 0.507. The van der Waals surface area contributed by atoms with E-state index >= 15 is 0 Å². The maximum atomic E-state index is 14.1. The highest BCUT2D eigenvalue weighted by Crippen LogP contribution is 2.37. The van der Waals surface area contributed by atoms with Gasteiger partial charge in [0.2, 0.25) is 0 Å². The van der Waals surface area contributed by atoms with Crippen LogP contribution in [0.15, 0.2) is 52.7 Å². The number of sulfonamides is 1. The fourth-order valence-corrected chi connectivity index (χ4v) is 6.80. The van der Waals surface area contributed by atoms with Gasteiger partial charge in [0.15, 0.2) is 0 Å². The second-order valence-corrected chi connectivity index (χ2v) is 10.7. The average molecular weight is 493 g/mol. The number of esters is 1. The van der Waals surface area contributed by atoms with Gasteiger partial charge in [-0.05, 0) is 35.7 Å². The lowest BCUT2D eigenvalue weighted by Gasteiger charge is -2.27. The zero-order valence-corrected chi connectivity index (χ0v) is 19.4. The van der Waals surface area contributed by atoms with Gasteiger partial charge in [0.25, 0.3) is 10.0 Å². The number of methoxy groups -OCH3 is 1. The SMILES string of the molecule is COC(=O)c1c(S(=O)(=O)NCc2ccccc2)sc2c1CCN(Cc1cc(F)ccc1F)C2. The van der Waals surface area contributed by atoms with Crippen LogP contribution in [-0.2, 0) is 40.8 Å². The highest BCUT2D eigenvalue weighted by Gasteiger charge is 2.34. The Kier molecular flexibility index (Phi) is 6.89. The number of carbonyl (C=O) groups is 1. The van der Waals surface area contributed by atoms with E-state index in [0.717, 1.165) is 35.1 Å². The zero-order chi connectivity index (χ0) is 23.6. The Morgan fingerprint density at radius 1 is 1.18 bits per heavy atom. The van der Waals surface area contributed by atoms with Crippen LogP contribution >= 0.6 is 11.3 Å². The predicted octanol–water partition coefficient (Wildman–Crippen LogP) is 3.85. The van der Waals surface area contributed by atoms with Crippen LogP contribution in [0.5, 0.6) is 0 Å². The Labute approximate surface area is 194 Å². The van der Waals surface area contributed by atoms with Crippen molar-refractivity contribution in [1.29, 1.82) is 0 Å². The van der Waals surface area contributed by atoms with E-state index in [1.54, 1.807) is 12.1 Å². The minimum absolute atomic E-state index is 0.0506. The van der Waals surface area contributed by atoms with Crippen molar-refractivity contribution in [3.63, 3.8) is 0 Å². The van der Waals surface area contributed by atoms with Crippen molar-refractivity contribution >= 4 is 27.3 Å². The summed E-state index contributed by atoms with van der Waals surface area (Å²) in [6.45, 7) is 1.02. The molecule has 10 heteroatoms. The van der Waals surface area contributed by atoms with Gasteiger partial charge >= 0.3 is 5.97 Å². The van der Waals surface area contributed by atoms with Gasteiger partial charge in [0, 0.05) is 36.6 Å². The van der Waals surface area contributed by atoms with Gasteiger partial charge in [-0.15, -0.1) is 11.3 Å². The number of benzene rings is 2. The summed E-state index contributed by atoms with van der Waals surface area (Å²) in [5, 5.41) is 0. The third-order valence-corrected chi connectivity index (χ3v) is 8.58. The van der Waals surface area contributed by atoms with Crippen molar-refractivity contribution < 1.29 is 26.7 Å². The third kappa shape index (κ3) is 5.14. The summed E-state index contributed by atoms with van der Waals surface area (Å²) < 4.78 is 61.2. The Morgan fingerprint density at radius 2 is 1.94 bits per heavy atom. The van der Waals surface area contributed by atoms with Crippen molar-refractivity contribution in [3.05, 3.63) is 87.3 Å². The molecule has 0 spiro atoms. The fraction of sp³-hybridized carbons (Fsp3) is 0.261.